The number of carbonyl (C=O) groups excluding carboxylic acids is 2. The minimum Gasteiger partial charge on any atom is -0.461 e. The first-order valence-corrected chi connectivity index (χ1v) is 8.95. The number of hydrogen-bond donors (Lipinski definition) is 0. The highest BCUT2D eigenvalue weighted by molar-refractivity contribution is 6.01. The molecule has 0 N–H and O–H groups in total. The van der Waals surface area contributed by atoms with Crippen molar-refractivity contribution in [1.29, 1.82) is 5.26 Å². The number of ketones is 1. The minimum atomic E-state index is -0.465. The number of esters is 1. The van der Waals surface area contributed by atoms with Gasteiger partial charge in [0.25, 0.3) is 0 Å². The summed E-state index contributed by atoms with van der Waals surface area (Å²) in [7, 11) is 1.72. The first-order chi connectivity index (χ1) is 13.5. The molecule has 0 amide bonds. The largest absolute Gasteiger partial charge is 0.461 e. The summed E-state index contributed by atoms with van der Waals surface area (Å²) in [5.74, 6) is -0.466. The van der Waals surface area contributed by atoms with Crippen molar-refractivity contribution in [2.45, 2.75) is 13.8 Å². The van der Waals surface area contributed by atoms with Gasteiger partial charge in [0, 0.05) is 24.4 Å². The van der Waals surface area contributed by atoms with E-state index in [-0.39, 0.29) is 12.4 Å². The van der Waals surface area contributed by atoms with Crippen molar-refractivity contribution in [2.75, 3.05) is 6.61 Å². The molecule has 140 valence electrons. The first-order valence-electron chi connectivity index (χ1n) is 8.95. The van der Waals surface area contributed by atoms with Crippen molar-refractivity contribution < 1.29 is 14.3 Å². The highest BCUT2D eigenvalue weighted by atomic mass is 16.5. The van der Waals surface area contributed by atoms with E-state index in [0.717, 1.165) is 16.7 Å². The third kappa shape index (κ3) is 3.45. The molecule has 3 aromatic rings. The molecule has 1 aromatic heterocycles. The van der Waals surface area contributed by atoms with Gasteiger partial charge in [-0.3, -0.25) is 4.79 Å². The Morgan fingerprint density at radius 1 is 1.07 bits per heavy atom. The highest BCUT2D eigenvalue weighted by Crippen LogP contribution is 2.32. The van der Waals surface area contributed by atoms with Crippen LogP contribution in [0.15, 0.2) is 54.7 Å². The van der Waals surface area contributed by atoms with Gasteiger partial charge in [-0.05, 0) is 30.5 Å². The average Bonchev–Trinajstić information content (AvgIpc) is 3.04. The van der Waals surface area contributed by atoms with Gasteiger partial charge in [0.15, 0.2) is 5.78 Å². The van der Waals surface area contributed by atoms with Crippen molar-refractivity contribution in [3.8, 4) is 28.3 Å². The van der Waals surface area contributed by atoms with Crippen molar-refractivity contribution in [3.63, 3.8) is 0 Å². The summed E-state index contributed by atoms with van der Waals surface area (Å²) >= 11 is 0. The molecule has 2 aromatic carbocycles. The molecule has 0 aliphatic rings. The number of aryl methyl sites for hydroxylation is 1. The third-order valence-corrected chi connectivity index (χ3v) is 4.56. The van der Waals surface area contributed by atoms with Gasteiger partial charge in [-0.1, -0.05) is 48.5 Å². The minimum absolute atomic E-state index is 0.000833. The fourth-order valence-electron chi connectivity index (χ4n) is 3.31. The van der Waals surface area contributed by atoms with Crippen LogP contribution in [0.1, 0.15) is 40.3 Å². The molecule has 0 radical (unpaired) electrons. The van der Waals surface area contributed by atoms with Gasteiger partial charge in [-0.25, -0.2) is 4.79 Å². The topological polar surface area (TPSA) is 72.1 Å². The van der Waals surface area contributed by atoms with Crippen molar-refractivity contribution in [2.24, 2.45) is 7.05 Å². The van der Waals surface area contributed by atoms with Gasteiger partial charge in [0.2, 0.25) is 0 Å². The van der Waals surface area contributed by atoms with Gasteiger partial charge < -0.3 is 9.30 Å². The van der Waals surface area contributed by atoms with Crippen LogP contribution in [0.4, 0.5) is 0 Å². The number of benzene rings is 2. The van der Waals surface area contributed by atoms with Crippen molar-refractivity contribution >= 4 is 11.8 Å². The summed E-state index contributed by atoms with van der Waals surface area (Å²) in [6.45, 7) is 3.54. The van der Waals surface area contributed by atoms with E-state index in [9.17, 15) is 14.9 Å². The van der Waals surface area contributed by atoms with Crippen LogP contribution in [0.2, 0.25) is 0 Å². The zero-order chi connectivity index (χ0) is 20.3. The van der Waals surface area contributed by atoms with E-state index in [1.54, 1.807) is 37.7 Å². The monoisotopic (exact) mass is 372 g/mol. The Morgan fingerprint density at radius 2 is 1.71 bits per heavy atom. The summed E-state index contributed by atoms with van der Waals surface area (Å²) in [4.78, 5) is 24.3. The lowest BCUT2D eigenvalue weighted by molar-refractivity contribution is 0.0516. The third-order valence-electron chi connectivity index (χ3n) is 4.56. The molecule has 1 heterocycles. The standard InChI is InChI=1S/C23H20N2O3/c1-4-28-23(27)22-21(18(13-24)14-25(22)3)17-11-9-16(10-12-17)20-8-6-5-7-19(20)15(2)26/h5-12,14H,4H2,1-3H3. The summed E-state index contributed by atoms with van der Waals surface area (Å²) in [6, 6.07) is 17.1. The van der Waals surface area contributed by atoms with E-state index >= 15 is 0 Å². The van der Waals surface area contributed by atoms with Crippen LogP contribution in [-0.2, 0) is 11.8 Å². The number of hydrogen-bond acceptors (Lipinski definition) is 4. The molecule has 0 saturated heterocycles. The highest BCUT2D eigenvalue weighted by Gasteiger charge is 2.23. The number of rotatable bonds is 5. The lowest BCUT2D eigenvalue weighted by atomic mass is 9.94. The normalized spacial score (nSPS) is 10.4. The van der Waals surface area contributed by atoms with Crippen LogP contribution >= 0.6 is 0 Å². The Labute approximate surface area is 163 Å². The summed E-state index contributed by atoms with van der Waals surface area (Å²) in [6.07, 6.45) is 1.63. The summed E-state index contributed by atoms with van der Waals surface area (Å²) < 4.78 is 6.77. The number of Topliss-reactive ketones (excluding diaryl/α,β-unsaturated/α-hetero) is 1. The van der Waals surface area contributed by atoms with Crippen LogP contribution in [0.5, 0.6) is 0 Å². The lowest BCUT2D eigenvalue weighted by Crippen LogP contribution is -2.10. The SMILES string of the molecule is CCOC(=O)c1c(-c2ccc(-c3ccccc3C(C)=O)cc2)c(C#N)cn1C. The second-order valence-electron chi connectivity index (χ2n) is 6.39. The molecule has 5 heteroatoms. The Morgan fingerprint density at radius 3 is 2.32 bits per heavy atom. The van der Waals surface area contributed by atoms with Crippen LogP contribution in [-0.4, -0.2) is 22.9 Å². The van der Waals surface area contributed by atoms with Crippen molar-refractivity contribution in [1.82, 2.24) is 4.57 Å². The summed E-state index contributed by atoms with van der Waals surface area (Å²) in [5, 5.41) is 9.51. The maximum absolute atomic E-state index is 12.4. The Hall–Kier alpha value is -3.65. The van der Waals surface area contributed by atoms with E-state index in [4.69, 9.17) is 4.74 Å². The molecule has 0 atom stereocenters. The first kappa shape index (κ1) is 19.1. The number of carbonyl (C=O) groups is 2. The second kappa shape index (κ2) is 7.93. The van der Waals surface area contributed by atoms with E-state index in [2.05, 4.69) is 6.07 Å². The predicted octanol–water partition coefficient (Wildman–Crippen LogP) is 4.61. The number of nitriles is 1. The zero-order valence-electron chi connectivity index (χ0n) is 16.0. The fourth-order valence-corrected chi connectivity index (χ4v) is 3.31. The second-order valence-corrected chi connectivity index (χ2v) is 6.39. The molecule has 0 bridgehead atoms. The Balaban J connectivity index is 2.10. The van der Waals surface area contributed by atoms with Crippen LogP contribution in [0, 0.1) is 11.3 Å². The van der Waals surface area contributed by atoms with Crippen LogP contribution in [0.25, 0.3) is 22.3 Å². The van der Waals surface area contributed by atoms with E-state index in [1.165, 1.54) is 0 Å². The van der Waals surface area contributed by atoms with Gasteiger partial charge in [0.05, 0.1) is 12.2 Å². The zero-order valence-corrected chi connectivity index (χ0v) is 16.0. The maximum atomic E-state index is 12.4. The number of ether oxygens (including phenoxy) is 1. The predicted molar refractivity (Wildman–Crippen MR) is 107 cm³/mol. The van der Waals surface area contributed by atoms with Gasteiger partial charge >= 0.3 is 5.97 Å². The molecule has 0 spiro atoms. The molecule has 0 saturated carbocycles. The van der Waals surface area contributed by atoms with E-state index < -0.39 is 5.97 Å². The Kier molecular flexibility index (Phi) is 5.42. The number of aromatic nitrogens is 1. The molecular weight excluding hydrogens is 352 g/mol. The van der Waals surface area contributed by atoms with Crippen LogP contribution in [0.3, 0.4) is 0 Å². The molecule has 0 aliphatic carbocycles. The number of nitrogens with zero attached hydrogens (tertiary/aromatic N) is 2. The molecular formula is C23H20N2O3. The maximum Gasteiger partial charge on any atom is 0.355 e. The van der Waals surface area contributed by atoms with Gasteiger partial charge in [0.1, 0.15) is 11.8 Å². The fraction of sp³-hybridized carbons (Fsp3) is 0.174. The molecule has 3 rings (SSSR count). The summed E-state index contributed by atoms with van der Waals surface area (Å²) in [5.41, 5.74) is 4.43. The van der Waals surface area contributed by atoms with E-state index in [1.807, 2.05) is 42.5 Å². The molecule has 0 unspecified atom stereocenters. The molecule has 28 heavy (non-hydrogen) atoms. The average molecular weight is 372 g/mol. The van der Waals surface area contributed by atoms with Crippen molar-refractivity contribution in [3.05, 3.63) is 71.5 Å². The Bertz CT molecular complexity index is 1090. The van der Waals surface area contributed by atoms with Gasteiger partial charge in [-0.15, -0.1) is 0 Å². The molecule has 5 nitrogen and oxygen atoms in total. The van der Waals surface area contributed by atoms with Crippen LogP contribution < -0.4 is 0 Å². The quantitative estimate of drug-likeness (QED) is 0.484. The molecule has 0 fully saturated rings. The smallest absolute Gasteiger partial charge is 0.355 e. The lowest BCUT2D eigenvalue weighted by Gasteiger charge is -2.10. The van der Waals surface area contributed by atoms with Gasteiger partial charge in [-0.2, -0.15) is 5.26 Å². The van der Waals surface area contributed by atoms with E-state index in [0.29, 0.717) is 22.4 Å². The molecule has 0 aliphatic heterocycles.